The van der Waals surface area contributed by atoms with E-state index in [0.717, 1.165) is 12.8 Å². The summed E-state index contributed by atoms with van der Waals surface area (Å²) in [6.45, 7) is 7.59. The van der Waals surface area contributed by atoms with Crippen molar-refractivity contribution in [2.24, 2.45) is 22.7 Å². The summed E-state index contributed by atoms with van der Waals surface area (Å²) in [7, 11) is 1.39. The molecule has 2 N–H and O–H groups in total. The average Bonchev–Trinajstić information content (AvgIpc) is 3.50. The van der Waals surface area contributed by atoms with Crippen LogP contribution in [0.25, 0.3) is 0 Å². The van der Waals surface area contributed by atoms with Crippen LogP contribution in [0.5, 0.6) is 0 Å². The molecule has 0 aromatic carbocycles. The highest BCUT2D eigenvalue weighted by atomic mass is 16.6. The van der Waals surface area contributed by atoms with Gasteiger partial charge in [-0.25, -0.2) is 4.79 Å². The molecule has 4 rings (SSSR count). The molecule has 4 fully saturated rings. The van der Waals surface area contributed by atoms with Crippen molar-refractivity contribution in [3.8, 4) is 0 Å². The SMILES string of the molecule is COC(=O)/C(=C/C[C@H]1[C@]2(CO2)C[C@@H](O)[C@@H]2C(C)(C)[C@@H](O)CC[C@@]21C)[C@H]1CO1. The molecule has 0 amide bonds. The molecule has 2 aliphatic carbocycles. The normalized spacial score (nSPS) is 48.1. The van der Waals surface area contributed by atoms with Gasteiger partial charge in [0.05, 0.1) is 43.7 Å². The van der Waals surface area contributed by atoms with Gasteiger partial charge in [-0.15, -0.1) is 0 Å². The Morgan fingerprint density at radius 1 is 1.30 bits per heavy atom. The number of hydrogen-bond acceptors (Lipinski definition) is 6. The quantitative estimate of drug-likeness (QED) is 0.439. The molecule has 7 atom stereocenters. The van der Waals surface area contributed by atoms with Crippen LogP contribution < -0.4 is 0 Å². The van der Waals surface area contributed by atoms with E-state index in [9.17, 15) is 15.0 Å². The average molecular weight is 380 g/mol. The van der Waals surface area contributed by atoms with E-state index in [-0.39, 0.29) is 40.3 Å². The minimum absolute atomic E-state index is 0.0132. The van der Waals surface area contributed by atoms with Crippen LogP contribution in [0.4, 0.5) is 0 Å². The van der Waals surface area contributed by atoms with Crippen LogP contribution in [-0.2, 0) is 19.0 Å². The van der Waals surface area contributed by atoms with E-state index in [0.29, 0.717) is 31.6 Å². The zero-order valence-corrected chi connectivity index (χ0v) is 16.7. The fourth-order valence-corrected chi connectivity index (χ4v) is 6.41. The number of fused-ring (bicyclic) bond motifs is 1. The van der Waals surface area contributed by atoms with Crippen molar-refractivity contribution < 1.29 is 29.2 Å². The fourth-order valence-electron chi connectivity index (χ4n) is 6.41. The van der Waals surface area contributed by atoms with Crippen LogP contribution in [0, 0.1) is 22.7 Å². The van der Waals surface area contributed by atoms with Crippen molar-refractivity contribution in [2.45, 2.75) is 70.4 Å². The Morgan fingerprint density at radius 3 is 2.52 bits per heavy atom. The van der Waals surface area contributed by atoms with Gasteiger partial charge in [-0.05, 0) is 41.9 Å². The van der Waals surface area contributed by atoms with Crippen molar-refractivity contribution in [1.82, 2.24) is 0 Å². The molecule has 0 unspecified atom stereocenters. The van der Waals surface area contributed by atoms with Gasteiger partial charge in [-0.2, -0.15) is 0 Å². The van der Waals surface area contributed by atoms with Crippen LogP contribution >= 0.6 is 0 Å². The fraction of sp³-hybridized carbons (Fsp3) is 0.857. The summed E-state index contributed by atoms with van der Waals surface area (Å²) in [5.41, 5.74) is -0.255. The van der Waals surface area contributed by atoms with Gasteiger partial charge in [-0.1, -0.05) is 26.8 Å². The lowest BCUT2D eigenvalue weighted by Crippen LogP contribution is -2.63. The number of hydrogen-bond donors (Lipinski definition) is 2. The summed E-state index contributed by atoms with van der Waals surface area (Å²) in [5.74, 6) is -0.162. The lowest BCUT2D eigenvalue weighted by Gasteiger charge is -2.61. The first-order chi connectivity index (χ1) is 12.7. The van der Waals surface area contributed by atoms with E-state index in [4.69, 9.17) is 14.2 Å². The van der Waals surface area contributed by atoms with E-state index in [1.54, 1.807) is 0 Å². The Kier molecular flexibility index (Phi) is 4.50. The summed E-state index contributed by atoms with van der Waals surface area (Å²) in [4.78, 5) is 12.1. The van der Waals surface area contributed by atoms with Crippen molar-refractivity contribution in [3.63, 3.8) is 0 Å². The van der Waals surface area contributed by atoms with E-state index in [1.807, 2.05) is 6.08 Å². The monoisotopic (exact) mass is 380 g/mol. The Labute approximate surface area is 160 Å². The molecule has 0 aromatic rings. The van der Waals surface area contributed by atoms with Crippen LogP contribution in [0.3, 0.4) is 0 Å². The van der Waals surface area contributed by atoms with E-state index in [1.165, 1.54) is 7.11 Å². The Bertz CT molecular complexity index is 647. The number of carbonyl (C=O) groups is 1. The van der Waals surface area contributed by atoms with Crippen LogP contribution in [0.1, 0.15) is 46.5 Å². The van der Waals surface area contributed by atoms with Gasteiger partial charge < -0.3 is 24.4 Å². The zero-order valence-electron chi connectivity index (χ0n) is 16.7. The molecule has 0 radical (unpaired) electrons. The Morgan fingerprint density at radius 2 is 1.96 bits per heavy atom. The second-order valence-electron chi connectivity index (χ2n) is 9.75. The van der Waals surface area contributed by atoms with Gasteiger partial charge in [-0.3, -0.25) is 0 Å². The van der Waals surface area contributed by atoms with E-state index < -0.39 is 12.2 Å². The molecule has 2 heterocycles. The minimum atomic E-state index is -0.491. The Hall–Kier alpha value is -0.950. The summed E-state index contributed by atoms with van der Waals surface area (Å²) < 4.78 is 16.2. The molecule has 2 aliphatic heterocycles. The highest BCUT2D eigenvalue weighted by molar-refractivity contribution is 5.90. The maximum Gasteiger partial charge on any atom is 0.336 e. The maximum absolute atomic E-state index is 12.1. The maximum atomic E-state index is 12.1. The van der Waals surface area contributed by atoms with Gasteiger partial charge in [0.2, 0.25) is 0 Å². The minimum Gasteiger partial charge on any atom is -0.466 e. The molecule has 1 spiro atoms. The van der Waals surface area contributed by atoms with Crippen molar-refractivity contribution in [2.75, 3.05) is 20.3 Å². The summed E-state index contributed by atoms with van der Waals surface area (Å²) in [6.07, 6.45) is 3.75. The molecule has 27 heavy (non-hydrogen) atoms. The lowest BCUT2D eigenvalue weighted by molar-refractivity contribution is -0.198. The zero-order chi connectivity index (χ0) is 19.6. The number of allylic oxidation sites excluding steroid dienone is 1. The molecule has 2 saturated carbocycles. The first kappa shape index (κ1) is 19.4. The Balaban J connectivity index is 1.67. The number of aliphatic hydroxyl groups excluding tert-OH is 2. The molecule has 0 aromatic heterocycles. The van der Waals surface area contributed by atoms with E-state index >= 15 is 0 Å². The molecule has 6 nitrogen and oxygen atoms in total. The van der Waals surface area contributed by atoms with E-state index in [2.05, 4.69) is 20.8 Å². The molecule has 0 bridgehead atoms. The van der Waals surface area contributed by atoms with Gasteiger partial charge >= 0.3 is 5.97 Å². The summed E-state index contributed by atoms with van der Waals surface area (Å²) >= 11 is 0. The number of ether oxygens (including phenoxy) is 3. The number of aliphatic hydroxyl groups is 2. The first-order valence-corrected chi connectivity index (χ1v) is 10.1. The number of methoxy groups -OCH3 is 1. The molecule has 2 saturated heterocycles. The highest BCUT2D eigenvalue weighted by Gasteiger charge is 2.68. The molecule has 4 aliphatic rings. The molecular weight excluding hydrogens is 348 g/mol. The number of rotatable bonds is 4. The predicted octanol–water partition coefficient (Wildman–Crippen LogP) is 1.83. The molecular formula is C21H32O6. The molecule has 152 valence electrons. The lowest BCUT2D eigenvalue weighted by atomic mass is 9.44. The third kappa shape index (κ3) is 2.96. The van der Waals surface area contributed by atoms with Crippen molar-refractivity contribution in [3.05, 3.63) is 11.6 Å². The van der Waals surface area contributed by atoms with Crippen molar-refractivity contribution >= 4 is 5.97 Å². The van der Waals surface area contributed by atoms with Crippen LogP contribution in [0.15, 0.2) is 11.6 Å². The number of epoxide rings is 2. The van der Waals surface area contributed by atoms with Crippen LogP contribution in [0.2, 0.25) is 0 Å². The van der Waals surface area contributed by atoms with Gasteiger partial charge in [0.25, 0.3) is 0 Å². The third-order valence-electron chi connectivity index (χ3n) is 7.89. The second-order valence-corrected chi connectivity index (χ2v) is 9.75. The molecule has 6 heteroatoms. The second kappa shape index (κ2) is 6.28. The predicted molar refractivity (Wildman–Crippen MR) is 97.9 cm³/mol. The summed E-state index contributed by atoms with van der Waals surface area (Å²) in [6, 6.07) is 0. The number of esters is 1. The van der Waals surface area contributed by atoms with Crippen molar-refractivity contribution in [1.29, 1.82) is 0 Å². The largest absolute Gasteiger partial charge is 0.466 e. The topological polar surface area (TPSA) is 91.8 Å². The standard InChI is InChI=1S/C21H32O6/c1-19(2)16(23)7-8-20(3)15(21(11-27-21)9-13(22)17(19)20)6-5-12(14-10-26-14)18(24)25-4/h5,13-17,22-23H,6-11H2,1-4H3/b12-5+/t13-,14-,15-,16+,17-,20-,21-/m1/s1. The van der Waals surface area contributed by atoms with Gasteiger partial charge in [0.15, 0.2) is 0 Å². The first-order valence-electron chi connectivity index (χ1n) is 10.1. The third-order valence-corrected chi connectivity index (χ3v) is 7.89. The summed E-state index contributed by atoms with van der Waals surface area (Å²) in [5, 5.41) is 21.6. The highest BCUT2D eigenvalue weighted by Crippen LogP contribution is 2.66. The van der Waals surface area contributed by atoms with Gasteiger partial charge in [0, 0.05) is 6.42 Å². The van der Waals surface area contributed by atoms with Gasteiger partial charge in [0.1, 0.15) is 6.10 Å². The van der Waals surface area contributed by atoms with Crippen LogP contribution in [-0.4, -0.2) is 60.4 Å². The smallest absolute Gasteiger partial charge is 0.336 e. The number of carbonyl (C=O) groups excluding carboxylic acids is 1.